The SMILES string of the molecule is CCc1ccc(C(Br)C2(c3ccccc3)CC2)cc1CC. The summed E-state index contributed by atoms with van der Waals surface area (Å²) in [6.07, 6.45) is 4.81. The molecule has 1 atom stereocenters. The standard InChI is InChI=1S/C20H23Br/c1-3-15-10-11-17(14-16(15)4-2)19(21)20(12-13-20)18-8-6-5-7-9-18/h5-11,14,19H,3-4,12-13H2,1-2H3. The van der Waals surface area contributed by atoms with Gasteiger partial charge >= 0.3 is 0 Å². The van der Waals surface area contributed by atoms with Crippen LogP contribution < -0.4 is 0 Å². The van der Waals surface area contributed by atoms with E-state index in [0.717, 1.165) is 12.8 Å². The molecule has 3 rings (SSSR count). The highest BCUT2D eigenvalue weighted by Gasteiger charge is 2.50. The predicted octanol–water partition coefficient (Wildman–Crippen LogP) is 5.98. The molecule has 2 aromatic rings. The Morgan fingerprint density at radius 3 is 2.19 bits per heavy atom. The van der Waals surface area contributed by atoms with Gasteiger partial charge in [0.25, 0.3) is 0 Å². The fourth-order valence-electron chi connectivity index (χ4n) is 3.39. The van der Waals surface area contributed by atoms with Gasteiger partial charge in [0.15, 0.2) is 0 Å². The van der Waals surface area contributed by atoms with Crippen molar-refractivity contribution in [2.24, 2.45) is 0 Å². The molecule has 1 aliphatic carbocycles. The molecule has 0 spiro atoms. The van der Waals surface area contributed by atoms with Crippen molar-refractivity contribution in [2.45, 2.75) is 49.8 Å². The smallest absolute Gasteiger partial charge is 0.0492 e. The fourth-order valence-corrected chi connectivity index (χ4v) is 4.40. The average molecular weight is 343 g/mol. The molecule has 0 amide bonds. The molecule has 0 radical (unpaired) electrons. The van der Waals surface area contributed by atoms with E-state index in [1.54, 1.807) is 0 Å². The van der Waals surface area contributed by atoms with Gasteiger partial charge in [0.1, 0.15) is 0 Å². The van der Waals surface area contributed by atoms with Crippen LogP contribution in [0.2, 0.25) is 0 Å². The summed E-state index contributed by atoms with van der Waals surface area (Å²) in [5, 5.41) is 0. The van der Waals surface area contributed by atoms with Crippen LogP contribution >= 0.6 is 15.9 Å². The molecule has 0 saturated heterocycles. The van der Waals surface area contributed by atoms with E-state index in [2.05, 4.69) is 78.3 Å². The third-order valence-corrected chi connectivity index (χ3v) is 6.31. The number of rotatable bonds is 5. The number of benzene rings is 2. The monoisotopic (exact) mass is 342 g/mol. The molecule has 21 heavy (non-hydrogen) atoms. The van der Waals surface area contributed by atoms with Crippen LogP contribution in [0.4, 0.5) is 0 Å². The number of hydrogen-bond acceptors (Lipinski definition) is 0. The molecule has 110 valence electrons. The minimum absolute atomic E-state index is 0.306. The Kier molecular flexibility index (Phi) is 4.21. The maximum atomic E-state index is 4.02. The fraction of sp³-hybridized carbons (Fsp3) is 0.400. The summed E-state index contributed by atoms with van der Waals surface area (Å²) in [7, 11) is 0. The molecule has 1 unspecified atom stereocenters. The molecule has 0 heterocycles. The summed E-state index contributed by atoms with van der Waals surface area (Å²) >= 11 is 4.02. The summed E-state index contributed by atoms with van der Waals surface area (Å²) in [5.41, 5.74) is 6.21. The average Bonchev–Trinajstić information content (AvgIpc) is 3.36. The number of halogens is 1. The molecule has 0 aromatic heterocycles. The number of alkyl halides is 1. The first-order valence-corrected chi connectivity index (χ1v) is 8.94. The second kappa shape index (κ2) is 5.96. The summed E-state index contributed by atoms with van der Waals surface area (Å²) < 4.78 is 0. The van der Waals surface area contributed by atoms with Gasteiger partial charge in [-0.25, -0.2) is 0 Å². The second-order valence-corrected chi connectivity index (χ2v) is 7.04. The van der Waals surface area contributed by atoms with Crippen LogP contribution in [0.5, 0.6) is 0 Å². The molecule has 0 nitrogen and oxygen atoms in total. The maximum absolute atomic E-state index is 4.02. The molecule has 1 heteroatoms. The molecule has 2 aromatic carbocycles. The third kappa shape index (κ3) is 2.68. The topological polar surface area (TPSA) is 0 Å². The lowest BCUT2D eigenvalue weighted by atomic mass is 9.87. The van der Waals surface area contributed by atoms with Gasteiger partial charge in [0.05, 0.1) is 0 Å². The highest BCUT2D eigenvalue weighted by molar-refractivity contribution is 9.09. The molecule has 0 bridgehead atoms. The lowest BCUT2D eigenvalue weighted by molar-refractivity contribution is 0.680. The summed E-state index contributed by atoms with van der Waals surface area (Å²) in [4.78, 5) is 0.420. The molecule has 1 aliphatic rings. The molecular weight excluding hydrogens is 320 g/mol. The predicted molar refractivity (Wildman–Crippen MR) is 94.2 cm³/mol. The van der Waals surface area contributed by atoms with Crippen LogP contribution in [0, 0.1) is 0 Å². The third-order valence-electron chi connectivity index (χ3n) is 4.91. The second-order valence-electron chi connectivity index (χ2n) is 6.12. The van der Waals surface area contributed by atoms with Crippen molar-refractivity contribution in [3.63, 3.8) is 0 Å². The molecule has 1 fully saturated rings. The first kappa shape index (κ1) is 14.8. The summed E-state index contributed by atoms with van der Waals surface area (Å²) in [6, 6.07) is 18.0. The van der Waals surface area contributed by atoms with Crippen molar-refractivity contribution >= 4 is 15.9 Å². The quantitative estimate of drug-likeness (QED) is 0.586. The zero-order valence-electron chi connectivity index (χ0n) is 12.9. The summed E-state index contributed by atoms with van der Waals surface area (Å²) in [6.45, 7) is 4.50. The van der Waals surface area contributed by atoms with Gasteiger partial charge in [-0.15, -0.1) is 0 Å². The minimum atomic E-state index is 0.306. The van der Waals surface area contributed by atoms with Crippen LogP contribution in [-0.2, 0) is 18.3 Å². The van der Waals surface area contributed by atoms with E-state index in [1.165, 1.54) is 35.1 Å². The highest BCUT2D eigenvalue weighted by Crippen LogP contribution is 2.60. The Balaban J connectivity index is 1.94. The van der Waals surface area contributed by atoms with Gasteiger partial charge in [-0.2, -0.15) is 0 Å². The minimum Gasteiger partial charge on any atom is -0.0829 e. The van der Waals surface area contributed by atoms with Crippen molar-refractivity contribution in [3.8, 4) is 0 Å². The van der Waals surface area contributed by atoms with Gasteiger partial charge in [0.2, 0.25) is 0 Å². The molecule has 0 aliphatic heterocycles. The van der Waals surface area contributed by atoms with E-state index in [9.17, 15) is 0 Å². The first-order chi connectivity index (χ1) is 10.2. The Labute approximate surface area is 136 Å². The van der Waals surface area contributed by atoms with Crippen molar-refractivity contribution < 1.29 is 0 Å². The van der Waals surface area contributed by atoms with Crippen molar-refractivity contribution in [1.29, 1.82) is 0 Å². The lowest BCUT2D eigenvalue weighted by Gasteiger charge is -2.24. The van der Waals surface area contributed by atoms with Crippen LogP contribution in [0.25, 0.3) is 0 Å². The Hall–Kier alpha value is -1.08. The Morgan fingerprint density at radius 2 is 1.62 bits per heavy atom. The largest absolute Gasteiger partial charge is 0.0829 e. The molecule has 0 N–H and O–H groups in total. The lowest BCUT2D eigenvalue weighted by Crippen LogP contribution is -2.14. The zero-order chi connectivity index (χ0) is 14.9. The van der Waals surface area contributed by atoms with Crippen LogP contribution in [0.3, 0.4) is 0 Å². The van der Waals surface area contributed by atoms with Gasteiger partial charge in [0, 0.05) is 10.2 Å². The van der Waals surface area contributed by atoms with E-state index in [0.29, 0.717) is 10.2 Å². The maximum Gasteiger partial charge on any atom is 0.0492 e. The van der Waals surface area contributed by atoms with Crippen molar-refractivity contribution in [3.05, 3.63) is 70.8 Å². The Bertz CT molecular complexity index is 611. The highest BCUT2D eigenvalue weighted by atomic mass is 79.9. The molecular formula is C20H23Br. The van der Waals surface area contributed by atoms with Crippen molar-refractivity contribution in [1.82, 2.24) is 0 Å². The number of aryl methyl sites for hydroxylation is 2. The first-order valence-electron chi connectivity index (χ1n) is 8.02. The van der Waals surface area contributed by atoms with Gasteiger partial charge in [-0.05, 0) is 47.9 Å². The van der Waals surface area contributed by atoms with Crippen LogP contribution in [0.1, 0.15) is 53.8 Å². The van der Waals surface area contributed by atoms with E-state index in [-0.39, 0.29) is 0 Å². The molecule has 1 saturated carbocycles. The van der Waals surface area contributed by atoms with E-state index in [4.69, 9.17) is 0 Å². The van der Waals surface area contributed by atoms with Crippen molar-refractivity contribution in [2.75, 3.05) is 0 Å². The van der Waals surface area contributed by atoms with Gasteiger partial charge in [-0.3, -0.25) is 0 Å². The van der Waals surface area contributed by atoms with Crippen LogP contribution in [-0.4, -0.2) is 0 Å². The van der Waals surface area contributed by atoms with Crippen LogP contribution in [0.15, 0.2) is 48.5 Å². The van der Waals surface area contributed by atoms with E-state index < -0.39 is 0 Å². The van der Waals surface area contributed by atoms with Gasteiger partial charge < -0.3 is 0 Å². The summed E-state index contributed by atoms with van der Waals surface area (Å²) in [5.74, 6) is 0. The Morgan fingerprint density at radius 1 is 0.952 bits per heavy atom. The van der Waals surface area contributed by atoms with Gasteiger partial charge in [-0.1, -0.05) is 78.3 Å². The van der Waals surface area contributed by atoms with E-state index in [1.807, 2.05) is 0 Å². The number of hydrogen-bond donors (Lipinski definition) is 0. The van der Waals surface area contributed by atoms with E-state index >= 15 is 0 Å². The normalized spacial score (nSPS) is 17.5. The zero-order valence-corrected chi connectivity index (χ0v) is 14.5.